The molecule has 0 bridgehead atoms. The Balaban J connectivity index is 1.60. The third-order valence-electron chi connectivity index (χ3n) is 5.42. The summed E-state index contributed by atoms with van der Waals surface area (Å²) < 4.78 is 0. The Hall–Kier alpha value is -2.18. The van der Waals surface area contributed by atoms with Crippen molar-refractivity contribution in [2.24, 2.45) is 5.92 Å². The molecule has 2 N–H and O–H groups in total. The van der Waals surface area contributed by atoms with Crippen molar-refractivity contribution in [2.75, 3.05) is 18.4 Å². The fourth-order valence-corrected chi connectivity index (χ4v) is 4.16. The van der Waals surface area contributed by atoms with Crippen molar-refractivity contribution in [2.45, 2.75) is 46.2 Å². The van der Waals surface area contributed by atoms with Crippen LogP contribution in [-0.4, -0.2) is 35.8 Å². The lowest BCUT2D eigenvalue weighted by Crippen LogP contribution is -2.41. The SMILES string of the molecule is Cc1ccc(C(=O)NCc2ccsc2)cc1NC(=O)C1CCN(C(C)C)CC1. The van der Waals surface area contributed by atoms with Gasteiger partial charge in [-0.15, -0.1) is 0 Å². The van der Waals surface area contributed by atoms with E-state index in [1.54, 1.807) is 23.5 Å². The monoisotopic (exact) mass is 399 g/mol. The largest absolute Gasteiger partial charge is 0.348 e. The first-order chi connectivity index (χ1) is 13.4. The number of hydrogen-bond donors (Lipinski definition) is 2. The van der Waals surface area contributed by atoms with Crippen LogP contribution in [0.25, 0.3) is 0 Å². The Labute approximate surface area is 171 Å². The van der Waals surface area contributed by atoms with Crippen LogP contribution in [0.1, 0.15) is 48.2 Å². The van der Waals surface area contributed by atoms with Crippen LogP contribution in [-0.2, 0) is 11.3 Å². The number of anilines is 1. The number of likely N-dealkylation sites (tertiary alicyclic amines) is 1. The summed E-state index contributed by atoms with van der Waals surface area (Å²) in [5, 5.41) is 9.99. The second-order valence-corrected chi connectivity index (χ2v) is 8.52. The first-order valence-corrected chi connectivity index (χ1v) is 10.8. The van der Waals surface area contributed by atoms with Crippen molar-refractivity contribution in [1.82, 2.24) is 10.2 Å². The molecule has 0 saturated carbocycles. The summed E-state index contributed by atoms with van der Waals surface area (Å²) in [6.45, 7) is 8.76. The minimum absolute atomic E-state index is 0.0328. The first-order valence-electron chi connectivity index (χ1n) is 9.89. The van der Waals surface area contributed by atoms with E-state index in [1.807, 2.05) is 29.8 Å². The van der Waals surface area contributed by atoms with Gasteiger partial charge in [0.25, 0.3) is 5.91 Å². The van der Waals surface area contributed by atoms with Crippen molar-refractivity contribution in [3.8, 4) is 0 Å². The highest BCUT2D eigenvalue weighted by molar-refractivity contribution is 7.07. The molecule has 1 aromatic carbocycles. The van der Waals surface area contributed by atoms with Gasteiger partial charge in [-0.3, -0.25) is 9.59 Å². The van der Waals surface area contributed by atoms with Gasteiger partial charge in [-0.25, -0.2) is 0 Å². The second-order valence-electron chi connectivity index (χ2n) is 7.74. The molecule has 1 aliphatic rings. The fraction of sp³-hybridized carbons (Fsp3) is 0.455. The second kappa shape index (κ2) is 9.34. The minimum atomic E-state index is -0.132. The van der Waals surface area contributed by atoms with Crippen molar-refractivity contribution in [3.63, 3.8) is 0 Å². The number of benzene rings is 1. The Morgan fingerprint density at radius 1 is 1.21 bits per heavy atom. The number of amides is 2. The molecule has 28 heavy (non-hydrogen) atoms. The maximum atomic E-state index is 12.7. The van der Waals surface area contributed by atoms with Crippen LogP contribution in [0.2, 0.25) is 0 Å². The van der Waals surface area contributed by atoms with Crippen LogP contribution in [0.4, 0.5) is 5.69 Å². The Morgan fingerprint density at radius 3 is 2.61 bits per heavy atom. The molecule has 1 aliphatic heterocycles. The van der Waals surface area contributed by atoms with Gasteiger partial charge in [0.05, 0.1) is 0 Å². The van der Waals surface area contributed by atoms with Gasteiger partial charge in [-0.05, 0) is 86.8 Å². The van der Waals surface area contributed by atoms with E-state index in [-0.39, 0.29) is 17.7 Å². The summed E-state index contributed by atoms with van der Waals surface area (Å²) in [5.41, 5.74) is 3.33. The molecule has 0 radical (unpaired) electrons. The number of nitrogens with zero attached hydrogens (tertiary/aromatic N) is 1. The van der Waals surface area contributed by atoms with E-state index in [9.17, 15) is 9.59 Å². The lowest BCUT2D eigenvalue weighted by atomic mass is 9.95. The van der Waals surface area contributed by atoms with Crippen LogP contribution < -0.4 is 10.6 Å². The average molecular weight is 400 g/mol. The van der Waals surface area contributed by atoms with Crippen LogP contribution >= 0.6 is 11.3 Å². The highest BCUT2D eigenvalue weighted by Gasteiger charge is 2.26. The van der Waals surface area contributed by atoms with Gasteiger partial charge >= 0.3 is 0 Å². The Bertz CT molecular complexity index is 809. The molecule has 3 rings (SSSR count). The molecule has 2 amide bonds. The van der Waals surface area contributed by atoms with E-state index in [2.05, 4.69) is 29.4 Å². The van der Waals surface area contributed by atoms with Gasteiger partial charge in [-0.2, -0.15) is 11.3 Å². The van der Waals surface area contributed by atoms with Crippen molar-refractivity contribution < 1.29 is 9.59 Å². The zero-order chi connectivity index (χ0) is 20.1. The van der Waals surface area contributed by atoms with Crippen molar-refractivity contribution in [3.05, 3.63) is 51.7 Å². The number of aryl methyl sites for hydroxylation is 1. The number of rotatable bonds is 6. The van der Waals surface area contributed by atoms with Gasteiger partial charge in [0, 0.05) is 29.8 Å². The number of hydrogen-bond acceptors (Lipinski definition) is 4. The predicted molar refractivity (Wildman–Crippen MR) is 115 cm³/mol. The minimum Gasteiger partial charge on any atom is -0.348 e. The third kappa shape index (κ3) is 5.20. The molecule has 1 fully saturated rings. The van der Waals surface area contributed by atoms with Gasteiger partial charge in [0.15, 0.2) is 0 Å². The van der Waals surface area contributed by atoms with Crippen LogP contribution in [0.5, 0.6) is 0 Å². The highest BCUT2D eigenvalue weighted by atomic mass is 32.1. The lowest BCUT2D eigenvalue weighted by Gasteiger charge is -2.34. The quantitative estimate of drug-likeness (QED) is 0.770. The Morgan fingerprint density at radius 2 is 1.96 bits per heavy atom. The summed E-state index contributed by atoms with van der Waals surface area (Å²) in [7, 11) is 0. The van der Waals surface area contributed by atoms with Gasteiger partial charge in [-0.1, -0.05) is 6.07 Å². The van der Waals surface area contributed by atoms with Crippen LogP contribution in [0.3, 0.4) is 0 Å². The van der Waals surface area contributed by atoms with E-state index >= 15 is 0 Å². The topological polar surface area (TPSA) is 61.4 Å². The van der Waals surface area contributed by atoms with E-state index in [0.717, 1.165) is 42.7 Å². The van der Waals surface area contributed by atoms with Gasteiger partial charge in [0.1, 0.15) is 0 Å². The molecular weight excluding hydrogens is 370 g/mol. The summed E-state index contributed by atoms with van der Waals surface area (Å²) in [6, 6.07) is 7.98. The molecule has 5 nitrogen and oxygen atoms in total. The molecule has 1 saturated heterocycles. The lowest BCUT2D eigenvalue weighted by molar-refractivity contribution is -0.121. The molecule has 150 valence electrons. The van der Waals surface area contributed by atoms with E-state index in [1.165, 1.54) is 0 Å². The molecule has 6 heteroatoms. The normalized spacial score (nSPS) is 15.6. The number of carbonyl (C=O) groups is 2. The molecule has 0 atom stereocenters. The number of carbonyl (C=O) groups excluding carboxylic acids is 2. The number of nitrogens with one attached hydrogen (secondary N) is 2. The Kier molecular flexibility index (Phi) is 6.86. The number of thiophene rings is 1. The van der Waals surface area contributed by atoms with Crippen molar-refractivity contribution in [1.29, 1.82) is 0 Å². The standard InChI is InChI=1S/C22H29N3O2S/c1-15(2)25-9-6-18(7-10-25)22(27)24-20-12-19(5-4-16(20)3)21(26)23-13-17-8-11-28-14-17/h4-5,8,11-12,14-15,18H,6-7,9-10,13H2,1-3H3,(H,23,26)(H,24,27). The molecule has 1 aromatic heterocycles. The zero-order valence-corrected chi connectivity index (χ0v) is 17.6. The average Bonchev–Trinajstić information content (AvgIpc) is 3.21. The maximum absolute atomic E-state index is 12.7. The maximum Gasteiger partial charge on any atom is 0.251 e. The van der Waals surface area contributed by atoms with Crippen LogP contribution in [0, 0.1) is 12.8 Å². The zero-order valence-electron chi connectivity index (χ0n) is 16.8. The smallest absolute Gasteiger partial charge is 0.251 e. The summed E-state index contributed by atoms with van der Waals surface area (Å²) in [4.78, 5) is 27.6. The summed E-state index contributed by atoms with van der Waals surface area (Å²) in [5.74, 6) is -0.0419. The summed E-state index contributed by atoms with van der Waals surface area (Å²) in [6.07, 6.45) is 1.76. The summed E-state index contributed by atoms with van der Waals surface area (Å²) >= 11 is 1.61. The molecule has 2 heterocycles. The van der Waals surface area contributed by atoms with Crippen LogP contribution in [0.15, 0.2) is 35.0 Å². The van der Waals surface area contributed by atoms with Gasteiger partial charge in [0.2, 0.25) is 5.91 Å². The molecule has 0 aliphatic carbocycles. The number of piperidine rings is 1. The third-order valence-corrected chi connectivity index (χ3v) is 6.15. The van der Waals surface area contributed by atoms with E-state index < -0.39 is 0 Å². The molecular formula is C22H29N3O2S. The molecule has 0 spiro atoms. The van der Waals surface area contributed by atoms with E-state index in [4.69, 9.17) is 0 Å². The van der Waals surface area contributed by atoms with Crippen molar-refractivity contribution >= 4 is 28.8 Å². The molecule has 2 aromatic rings. The highest BCUT2D eigenvalue weighted by Crippen LogP contribution is 2.23. The first kappa shape index (κ1) is 20.6. The van der Waals surface area contributed by atoms with E-state index in [0.29, 0.717) is 18.2 Å². The molecule has 0 unspecified atom stereocenters. The van der Waals surface area contributed by atoms with Gasteiger partial charge < -0.3 is 15.5 Å². The fourth-order valence-electron chi connectivity index (χ4n) is 3.49. The predicted octanol–water partition coefficient (Wildman–Crippen LogP) is 4.05.